The van der Waals surface area contributed by atoms with E-state index in [0.29, 0.717) is 6.04 Å². The number of anilines is 1. The van der Waals surface area contributed by atoms with Crippen LogP contribution < -0.4 is 5.73 Å². The number of benzene rings is 1. The van der Waals surface area contributed by atoms with E-state index >= 15 is 0 Å². The Hall–Kier alpha value is -1.02. The minimum absolute atomic E-state index is 0.689. The highest BCUT2D eigenvalue weighted by Gasteiger charge is 2.31. The number of nitrogens with zero attached hydrogens (tertiary/aromatic N) is 1. The van der Waals surface area contributed by atoms with Crippen LogP contribution in [0.25, 0.3) is 0 Å². The Morgan fingerprint density at radius 1 is 1.41 bits per heavy atom. The maximum absolute atomic E-state index is 5.84. The van der Waals surface area contributed by atoms with Crippen molar-refractivity contribution in [3.05, 3.63) is 29.8 Å². The van der Waals surface area contributed by atoms with Crippen molar-refractivity contribution in [3.63, 3.8) is 0 Å². The van der Waals surface area contributed by atoms with Gasteiger partial charge < -0.3 is 5.73 Å². The molecule has 1 aromatic rings. The summed E-state index contributed by atoms with van der Waals surface area (Å²) in [6.07, 6.45) is 5.30. The Bertz CT molecular complexity index is 358. The minimum Gasteiger partial charge on any atom is -0.399 e. The lowest BCUT2D eigenvalue weighted by atomic mass is 10.1. The molecule has 17 heavy (non-hydrogen) atoms. The molecule has 2 heteroatoms. The van der Waals surface area contributed by atoms with Crippen molar-refractivity contribution in [2.24, 2.45) is 0 Å². The lowest BCUT2D eigenvalue weighted by Gasteiger charge is -2.29. The molecule has 94 valence electrons. The molecule has 0 aliphatic heterocycles. The Labute approximate surface area is 105 Å². The summed E-state index contributed by atoms with van der Waals surface area (Å²) in [5.74, 6) is 0. The van der Waals surface area contributed by atoms with Gasteiger partial charge in [0.15, 0.2) is 0 Å². The molecule has 0 bridgehead atoms. The first-order valence-electron chi connectivity index (χ1n) is 6.81. The van der Waals surface area contributed by atoms with Crippen LogP contribution in [0, 0.1) is 0 Å². The van der Waals surface area contributed by atoms with Gasteiger partial charge in [0.25, 0.3) is 0 Å². The molecule has 1 unspecified atom stereocenters. The second kappa shape index (κ2) is 5.54. The quantitative estimate of drug-likeness (QED) is 0.761. The standard InChI is InChI=1S/C15H24N2/c1-3-5-12(2)17(15-8-9-15)11-13-6-4-7-14(16)10-13/h4,6-7,10,12,15H,3,5,8-9,11,16H2,1-2H3. The Balaban J connectivity index is 2.02. The Morgan fingerprint density at radius 3 is 2.76 bits per heavy atom. The number of hydrogen-bond acceptors (Lipinski definition) is 2. The van der Waals surface area contributed by atoms with Crippen LogP contribution in [0.1, 0.15) is 45.1 Å². The van der Waals surface area contributed by atoms with Gasteiger partial charge in [-0.1, -0.05) is 25.5 Å². The van der Waals surface area contributed by atoms with Gasteiger partial charge in [0.05, 0.1) is 0 Å². The minimum atomic E-state index is 0.689. The van der Waals surface area contributed by atoms with Gasteiger partial charge in [-0.3, -0.25) is 4.90 Å². The zero-order valence-electron chi connectivity index (χ0n) is 11.0. The Morgan fingerprint density at radius 2 is 2.18 bits per heavy atom. The van der Waals surface area contributed by atoms with Crippen molar-refractivity contribution in [1.82, 2.24) is 4.90 Å². The number of rotatable bonds is 6. The SMILES string of the molecule is CCCC(C)N(Cc1cccc(N)c1)C1CC1. The first-order chi connectivity index (χ1) is 8.20. The van der Waals surface area contributed by atoms with Crippen molar-refractivity contribution in [3.8, 4) is 0 Å². The summed E-state index contributed by atoms with van der Waals surface area (Å²) in [5, 5.41) is 0. The average Bonchev–Trinajstić information content (AvgIpc) is 3.10. The second-order valence-corrected chi connectivity index (χ2v) is 5.29. The van der Waals surface area contributed by atoms with E-state index in [1.807, 2.05) is 6.07 Å². The fraction of sp³-hybridized carbons (Fsp3) is 0.600. The van der Waals surface area contributed by atoms with Crippen LogP contribution in [-0.4, -0.2) is 17.0 Å². The van der Waals surface area contributed by atoms with Crippen molar-refractivity contribution in [2.75, 3.05) is 5.73 Å². The largest absolute Gasteiger partial charge is 0.399 e. The summed E-state index contributed by atoms with van der Waals surface area (Å²) in [4.78, 5) is 2.65. The van der Waals surface area contributed by atoms with E-state index in [9.17, 15) is 0 Å². The molecule has 1 aliphatic carbocycles. The van der Waals surface area contributed by atoms with Crippen molar-refractivity contribution in [2.45, 2.75) is 58.2 Å². The van der Waals surface area contributed by atoms with Gasteiger partial charge >= 0.3 is 0 Å². The molecule has 2 N–H and O–H groups in total. The average molecular weight is 232 g/mol. The summed E-state index contributed by atoms with van der Waals surface area (Å²) >= 11 is 0. The lowest BCUT2D eigenvalue weighted by Crippen LogP contribution is -2.34. The van der Waals surface area contributed by atoms with Crippen molar-refractivity contribution < 1.29 is 0 Å². The molecule has 0 amide bonds. The van der Waals surface area contributed by atoms with Gasteiger partial charge in [-0.2, -0.15) is 0 Å². The van der Waals surface area contributed by atoms with Crippen molar-refractivity contribution >= 4 is 5.69 Å². The van der Waals surface area contributed by atoms with Gasteiger partial charge in [-0.05, 0) is 43.9 Å². The molecular formula is C15H24N2. The summed E-state index contributed by atoms with van der Waals surface area (Å²) in [5.41, 5.74) is 8.07. The highest BCUT2D eigenvalue weighted by Crippen LogP contribution is 2.31. The van der Waals surface area contributed by atoms with Crippen LogP contribution >= 0.6 is 0 Å². The Kier molecular flexibility index (Phi) is 4.06. The number of nitrogen functional groups attached to an aromatic ring is 1. The van der Waals surface area contributed by atoms with Crippen LogP contribution in [0.15, 0.2) is 24.3 Å². The third-order valence-electron chi connectivity index (χ3n) is 3.60. The molecular weight excluding hydrogens is 208 g/mol. The summed E-state index contributed by atoms with van der Waals surface area (Å²) < 4.78 is 0. The molecule has 2 rings (SSSR count). The molecule has 0 spiro atoms. The highest BCUT2D eigenvalue weighted by molar-refractivity contribution is 5.40. The molecule has 1 aliphatic rings. The summed E-state index contributed by atoms with van der Waals surface area (Å²) in [6, 6.07) is 9.81. The fourth-order valence-electron chi connectivity index (χ4n) is 2.54. The molecule has 1 fully saturated rings. The van der Waals surface area contributed by atoms with E-state index in [4.69, 9.17) is 5.73 Å². The van der Waals surface area contributed by atoms with Crippen LogP contribution in [0.3, 0.4) is 0 Å². The number of nitrogens with two attached hydrogens (primary N) is 1. The van der Waals surface area contributed by atoms with E-state index in [0.717, 1.165) is 18.3 Å². The predicted molar refractivity (Wildman–Crippen MR) is 73.8 cm³/mol. The monoisotopic (exact) mass is 232 g/mol. The number of hydrogen-bond donors (Lipinski definition) is 1. The van der Waals surface area contributed by atoms with Gasteiger partial charge in [-0.15, -0.1) is 0 Å². The molecule has 2 nitrogen and oxygen atoms in total. The topological polar surface area (TPSA) is 29.3 Å². The first kappa shape index (κ1) is 12.4. The summed E-state index contributed by atoms with van der Waals surface area (Å²) in [7, 11) is 0. The fourth-order valence-corrected chi connectivity index (χ4v) is 2.54. The van der Waals surface area contributed by atoms with Gasteiger partial charge in [0.1, 0.15) is 0 Å². The second-order valence-electron chi connectivity index (χ2n) is 5.29. The molecule has 0 aromatic heterocycles. The smallest absolute Gasteiger partial charge is 0.0317 e. The van der Waals surface area contributed by atoms with Gasteiger partial charge in [0, 0.05) is 24.3 Å². The normalized spacial score (nSPS) is 17.4. The van der Waals surface area contributed by atoms with Crippen molar-refractivity contribution in [1.29, 1.82) is 0 Å². The first-order valence-corrected chi connectivity index (χ1v) is 6.81. The highest BCUT2D eigenvalue weighted by atomic mass is 15.2. The van der Waals surface area contributed by atoms with Crippen LogP contribution in [0.5, 0.6) is 0 Å². The van der Waals surface area contributed by atoms with E-state index < -0.39 is 0 Å². The maximum Gasteiger partial charge on any atom is 0.0317 e. The lowest BCUT2D eigenvalue weighted by molar-refractivity contribution is 0.179. The third kappa shape index (κ3) is 3.47. The zero-order valence-corrected chi connectivity index (χ0v) is 11.0. The summed E-state index contributed by atoms with van der Waals surface area (Å²) in [6.45, 7) is 5.67. The van der Waals surface area contributed by atoms with E-state index in [1.165, 1.54) is 31.2 Å². The van der Waals surface area contributed by atoms with Crippen LogP contribution in [0.2, 0.25) is 0 Å². The molecule has 0 heterocycles. The predicted octanol–water partition coefficient (Wildman–Crippen LogP) is 3.42. The van der Waals surface area contributed by atoms with E-state index in [2.05, 4.69) is 36.9 Å². The zero-order chi connectivity index (χ0) is 12.3. The van der Waals surface area contributed by atoms with E-state index in [-0.39, 0.29) is 0 Å². The molecule has 1 atom stereocenters. The molecule has 0 radical (unpaired) electrons. The van der Waals surface area contributed by atoms with E-state index in [1.54, 1.807) is 0 Å². The van der Waals surface area contributed by atoms with Crippen LogP contribution in [-0.2, 0) is 6.54 Å². The third-order valence-corrected chi connectivity index (χ3v) is 3.60. The maximum atomic E-state index is 5.84. The van der Waals surface area contributed by atoms with Crippen LogP contribution in [0.4, 0.5) is 5.69 Å². The molecule has 1 saturated carbocycles. The molecule has 1 aromatic carbocycles. The van der Waals surface area contributed by atoms with Gasteiger partial charge in [0.2, 0.25) is 0 Å². The van der Waals surface area contributed by atoms with Gasteiger partial charge in [-0.25, -0.2) is 0 Å². The molecule has 0 saturated heterocycles.